The lowest BCUT2D eigenvalue weighted by Gasteiger charge is -2.09. The van der Waals surface area contributed by atoms with Crippen molar-refractivity contribution >= 4 is 17.2 Å². The molecule has 0 N–H and O–H groups in total. The van der Waals surface area contributed by atoms with E-state index in [1.54, 1.807) is 19.6 Å². The highest BCUT2D eigenvalue weighted by Crippen LogP contribution is 2.42. The first-order valence-corrected chi connectivity index (χ1v) is 5.46. The standard InChI is InChI=1S/C12H14ClNO/c1-8-11(13)5-6-14-12(8)10(7-15-2)9-3-4-9/h5-7,9H,3-4H2,1-2H3. The van der Waals surface area contributed by atoms with Crippen molar-refractivity contribution < 1.29 is 4.74 Å². The molecule has 1 heterocycles. The number of halogens is 1. The van der Waals surface area contributed by atoms with Gasteiger partial charge in [-0.15, -0.1) is 0 Å². The summed E-state index contributed by atoms with van der Waals surface area (Å²) >= 11 is 6.08. The molecule has 1 aliphatic rings. The first kappa shape index (κ1) is 10.5. The highest BCUT2D eigenvalue weighted by molar-refractivity contribution is 6.31. The largest absolute Gasteiger partial charge is 0.504 e. The van der Waals surface area contributed by atoms with Crippen LogP contribution in [-0.2, 0) is 4.74 Å². The van der Waals surface area contributed by atoms with E-state index in [1.165, 1.54) is 18.4 Å². The van der Waals surface area contributed by atoms with Gasteiger partial charge in [0.25, 0.3) is 0 Å². The van der Waals surface area contributed by atoms with Gasteiger partial charge in [-0.25, -0.2) is 0 Å². The summed E-state index contributed by atoms with van der Waals surface area (Å²) in [5, 5.41) is 0.766. The van der Waals surface area contributed by atoms with Crippen molar-refractivity contribution in [1.82, 2.24) is 4.98 Å². The summed E-state index contributed by atoms with van der Waals surface area (Å²) in [4.78, 5) is 4.39. The van der Waals surface area contributed by atoms with E-state index in [-0.39, 0.29) is 0 Å². The summed E-state index contributed by atoms with van der Waals surface area (Å²) < 4.78 is 5.11. The van der Waals surface area contributed by atoms with E-state index in [9.17, 15) is 0 Å². The highest BCUT2D eigenvalue weighted by atomic mass is 35.5. The Balaban J connectivity index is 2.41. The van der Waals surface area contributed by atoms with Crippen molar-refractivity contribution in [3.05, 3.63) is 34.8 Å². The van der Waals surface area contributed by atoms with Gasteiger partial charge in [0.1, 0.15) is 0 Å². The third-order valence-corrected chi connectivity index (χ3v) is 3.08. The van der Waals surface area contributed by atoms with Crippen LogP contribution in [0.2, 0.25) is 5.02 Å². The Kier molecular flexibility index (Phi) is 2.96. The Bertz CT molecular complexity index is 397. The highest BCUT2D eigenvalue weighted by Gasteiger charge is 2.29. The van der Waals surface area contributed by atoms with Crippen molar-refractivity contribution in [3.8, 4) is 0 Å². The molecule has 2 rings (SSSR count). The third-order valence-electron chi connectivity index (χ3n) is 2.67. The molecule has 1 saturated carbocycles. The van der Waals surface area contributed by atoms with Crippen LogP contribution in [0.4, 0.5) is 0 Å². The van der Waals surface area contributed by atoms with Crippen LogP contribution in [0.5, 0.6) is 0 Å². The van der Waals surface area contributed by atoms with Crippen LogP contribution in [0, 0.1) is 12.8 Å². The van der Waals surface area contributed by atoms with E-state index in [4.69, 9.17) is 16.3 Å². The molecule has 0 aromatic carbocycles. The van der Waals surface area contributed by atoms with E-state index in [0.29, 0.717) is 5.92 Å². The fourth-order valence-electron chi connectivity index (χ4n) is 1.67. The lowest BCUT2D eigenvalue weighted by atomic mass is 10.0. The molecular formula is C12H14ClNO. The molecule has 0 aliphatic heterocycles. The summed E-state index contributed by atoms with van der Waals surface area (Å²) in [6.45, 7) is 2.00. The van der Waals surface area contributed by atoms with Crippen LogP contribution in [0.3, 0.4) is 0 Å². The zero-order valence-corrected chi connectivity index (χ0v) is 9.71. The molecule has 1 aliphatic carbocycles. The SMILES string of the molecule is COC=C(c1nccc(Cl)c1C)C1CC1. The molecule has 1 fully saturated rings. The normalized spacial score (nSPS) is 16.6. The summed E-state index contributed by atoms with van der Waals surface area (Å²) in [5.41, 5.74) is 3.19. The van der Waals surface area contributed by atoms with Crippen molar-refractivity contribution in [2.75, 3.05) is 7.11 Å². The molecule has 2 nitrogen and oxygen atoms in total. The predicted molar refractivity (Wildman–Crippen MR) is 61.7 cm³/mol. The average Bonchev–Trinajstić information content (AvgIpc) is 3.03. The van der Waals surface area contributed by atoms with Gasteiger partial charge in [-0.2, -0.15) is 0 Å². The molecule has 0 unspecified atom stereocenters. The number of aromatic nitrogens is 1. The van der Waals surface area contributed by atoms with Crippen molar-refractivity contribution in [1.29, 1.82) is 0 Å². The summed E-state index contributed by atoms with van der Waals surface area (Å²) in [6, 6.07) is 1.82. The van der Waals surface area contributed by atoms with E-state index in [1.807, 2.05) is 13.0 Å². The number of pyridine rings is 1. The molecule has 1 aromatic rings. The number of nitrogens with zero attached hydrogens (tertiary/aromatic N) is 1. The van der Waals surface area contributed by atoms with Crippen LogP contribution >= 0.6 is 11.6 Å². The molecule has 0 radical (unpaired) electrons. The van der Waals surface area contributed by atoms with E-state index < -0.39 is 0 Å². The number of methoxy groups -OCH3 is 1. The quantitative estimate of drug-likeness (QED) is 0.733. The molecule has 0 atom stereocenters. The second kappa shape index (κ2) is 4.23. The van der Waals surface area contributed by atoms with Gasteiger partial charge in [-0.05, 0) is 37.3 Å². The maximum absolute atomic E-state index is 6.08. The topological polar surface area (TPSA) is 22.1 Å². The molecule has 15 heavy (non-hydrogen) atoms. The van der Waals surface area contributed by atoms with Crippen LogP contribution in [0.25, 0.3) is 5.57 Å². The minimum Gasteiger partial charge on any atom is -0.504 e. The fraction of sp³-hybridized carbons (Fsp3) is 0.417. The maximum atomic E-state index is 6.08. The van der Waals surface area contributed by atoms with Crippen LogP contribution < -0.4 is 0 Å². The van der Waals surface area contributed by atoms with Crippen LogP contribution in [-0.4, -0.2) is 12.1 Å². The van der Waals surface area contributed by atoms with Crippen molar-refractivity contribution in [3.63, 3.8) is 0 Å². The van der Waals surface area contributed by atoms with Gasteiger partial charge in [-0.3, -0.25) is 4.98 Å². The van der Waals surface area contributed by atoms with Gasteiger partial charge in [0.15, 0.2) is 0 Å². The lowest BCUT2D eigenvalue weighted by molar-refractivity contribution is 0.338. The first-order chi connectivity index (χ1) is 7.24. The van der Waals surface area contributed by atoms with Gasteiger partial charge < -0.3 is 4.74 Å². The minimum atomic E-state index is 0.606. The van der Waals surface area contributed by atoms with Gasteiger partial charge in [0, 0.05) is 16.8 Å². The van der Waals surface area contributed by atoms with E-state index in [2.05, 4.69) is 4.98 Å². The van der Waals surface area contributed by atoms with Crippen LogP contribution in [0.15, 0.2) is 18.5 Å². The smallest absolute Gasteiger partial charge is 0.0881 e. The Morgan fingerprint density at radius 2 is 2.33 bits per heavy atom. The fourth-order valence-corrected chi connectivity index (χ4v) is 1.82. The second-order valence-electron chi connectivity index (χ2n) is 3.85. The number of allylic oxidation sites excluding steroid dienone is 1. The van der Waals surface area contributed by atoms with Gasteiger partial charge in [0.05, 0.1) is 19.1 Å². The summed E-state index contributed by atoms with van der Waals surface area (Å²) in [6.07, 6.45) is 5.99. The second-order valence-corrected chi connectivity index (χ2v) is 4.26. The molecule has 80 valence electrons. The average molecular weight is 224 g/mol. The monoisotopic (exact) mass is 223 g/mol. The zero-order chi connectivity index (χ0) is 10.8. The number of hydrogen-bond acceptors (Lipinski definition) is 2. The minimum absolute atomic E-state index is 0.606. The third kappa shape index (κ3) is 2.15. The van der Waals surface area contributed by atoms with Gasteiger partial charge in [-0.1, -0.05) is 11.6 Å². The molecule has 1 aromatic heterocycles. The number of ether oxygens (including phenoxy) is 1. The zero-order valence-electron chi connectivity index (χ0n) is 8.96. The van der Waals surface area contributed by atoms with Gasteiger partial charge in [0.2, 0.25) is 0 Å². The lowest BCUT2D eigenvalue weighted by Crippen LogP contribution is -1.96. The molecule has 0 spiro atoms. The number of hydrogen-bond donors (Lipinski definition) is 0. The van der Waals surface area contributed by atoms with Crippen LogP contribution in [0.1, 0.15) is 24.1 Å². The Morgan fingerprint density at radius 3 is 2.93 bits per heavy atom. The van der Waals surface area contributed by atoms with Crippen molar-refractivity contribution in [2.45, 2.75) is 19.8 Å². The van der Waals surface area contributed by atoms with Crippen molar-refractivity contribution in [2.24, 2.45) is 5.92 Å². The van der Waals surface area contributed by atoms with Gasteiger partial charge >= 0.3 is 0 Å². The predicted octanol–water partition coefficient (Wildman–Crippen LogP) is 3.44. The molecule has 0 saturated heterocycles. The molecule has 3 heteroatoms. The Morgan fingerprint density at radius 1 is 1.60 bits per heavy atom. The summed E-state index contributed by atoms with van der Waals surface area (Å²) in [7, 11) is 1.67. The Labute approximate surface area is 94.9 Å². The molecule has 0 amide bonds. The maximum Gasteiger partial charge on any atom is 0.0881 e. The van der Waals surface area contributed by atoms with E-state index in [0.717, 1.165) is 16.3 Å². The Hall–Kier alpha value is -1.02. The first-order valence-electron chi connectivity index (χ1n) is 5.08. The number of rotatable bonds is 3. The van der Waals surface area contributed by atoms with E-state index >= 15 is 0 Å². The molecular weight excluding hydrogens is 210 g/mol. The summed E-state index contributed by atoms with van der Waals surface area (Å²) in [5.74, 6) is 0.606. The molecule has 0 bridgehead atoms.